The van der Waals surface area contributed by atoms with Crippen LogP contribution in [0.5, 0.6) is 23.0 Å². The number of ether oxygens (including phenoxy) is 3. The largest absolute Gasteiger partial charge is 0.504 e. The van der Waals surface area contributed by atoms with Gasteiger partial charge in [0.2, 0.25) is 4.69 Å². The Hall–Kier alpha value is -2.10. The molecule has 0 aliphatic rings. The van der Waals surface area contributed by atoms with E-state index in [0.717, 1.165) is 24.0 Å². The van der Waals surface area contributed by atoms with E-state index in [1.807, 2.05) is 24.3 Å². The van der Waals surface area contributed by atoms with E-state index in [1.165, 1.54) is 7.11 Å². The summed E-state index contributed by atoms with van der Waals surface area (Å²) in [7, 11) is 3.07. The molecule has 2 rings (SSSR count). The molecule has 180 valence electrons. The maximum Gasteiger partial charge on any atom is 0.322 e. The smallest absolute Gasteiger partial charge is 0.322 e. The van der Waals surface area contributed by atoms with Crippen LogP contribution < -0.4 is 14.2 Å². The van der Waals surface area contributed by atoms with Gasteiger partial charge in [0.25, 0.3) is 0 Å². The van der Waals surface area contributed by atoms with Crippen LogP contribution >= 0.6 is 47.8 Å². The van der Waals surface area contributed by atoms with Crippen molar-refractivity contribution in [3.05, 3.63) is 72.8 Å². The zero-order valence-electron chi connectivity index (χ0n) is 18.5. The molecule has 0 aliphatic carbocycles. The van der Waals surface area contributed by atoms with Crippen LogP contribution in [0.2, 0.25) is 0 Å². The van der Waals surface area contributed by atoms with Crippen molar-refractivity contribution in [3.63, 3.8) is 0 Å². The van der Waals surface area contributed by atoms with Gasteiger partial charge in [-0.1, -0.05) is 56.1 Å². The summed E-state index contributed by atoms with van der Waals surface area (Å²) < 4.78 is 15.2. The van der Waals surface area contributed by atoms with Crippen molar-refractivity contribution < 1.29 is 28.9 Å². The summed E-state index contributed by atoms with van der Waals surface area (Å²) in [4.78, 5) is 20.8. The number of rotatable bonds is 9. The molecule has 0 bridgehead atoms. The third-order valence-corrected chi connectivity index (χ3v) is 5.67. The van der Waals surface area contributed by atoms with Crippen LogP contribution in [0.3, 0.4) is 0 Å². The molecule has 33 heavy (non-hydrogen) atoms. The molecule has 0 fully saturated rings. The quantitative estimate of drug-likeness (QED) is 0.115. The number of alkyl halides is 2. The third-order valence-electron chi connectivity index (χ3n) is 3.67. The van der Waals surface area contributed by atoms with Gasteiger partial charge in [0.05, 0.1) is 19.5 Å². The van der Waals surface area contributed by atoms with Gasteiger partial charge < -0.3 is 19.3 Å². The first-order chi connectivity index (χ1) is 15.8. The van der Waals surface area contributed by atoms with E-state index in [4.69, 9.17) is 14.2 Å². The number of hydrogen-bond donors (Lipinski definition) is 1. The number of phenols is 1. The number of aromatic hydroxyl groups is 1. The first-order valence-corrected chi connectivity index (χ1v) is 12.5. The minimum Gasteiger partial charge on any atom is -0.504 e. The molecule has 0 heterocycles. The van der Waals surface area contributed by atoms with Crippen molar-refractivity contribution in [1.29, 1.82) is 0 Å². The Balaban J connectivity index is 0.000000530. The van der Waals surface area contributed by atoms with Crippen molar-refractivity contribution in [2.24, 2.45) is 0 Å². The van der Waals surface area contributed by atoms with Crippen LogP contribution in [-0.4, -0.2) is 40.6 Å². The molecule has 6 nitrogen and oxygen atoms in total. The van der Waals surface area contributed by atoms with Crippen LogP contribution in [0.15, 0.2) is 61.7 Å². The minimum absolute atomic E-state index is 0.0162. The molecule has 0 amide bonds. The first-order valence-electron chi connectivity index (χ1n) is 9.51. The molecule has 9 heteroatoms. The van der Waals surface area contributed by atoms with Crippen LogP contribution in [0.25, 0.3) is 0 Å². The fraction of sp³-hybridized carbons (Fsp3) is 0.250. The van der Waals surface area contributed by atoms with Gasteiger partial charge in [0.15, 0.2) is 23.0 Å². The lowest BCUT2D eigenvalue weighted by Gasteiger charge is -2.09. The normalized spacial score (nSPS) is 9.24. The zero-order chi connectivity index (χ0) is 25.2. The predicted molar refractivity (Wildman–Crippen MR) is 143 cm³/mol. The summed E-state index contributed by atoms with van der Waals surface area (Å²) in [5.74, 6) is 1.31. The minimum atomic E-state index is -0.352. The summed E-state index contributed by atoms with van der Waals surface area (Å²) in [6.07, 6.45) is 5.16. The Morgan fingerprint density at radius 2 is 1.36 bits per heavy atom. The van der Waals surface area contributed by atoms with Crippen LogP contribution in [0.1, 0.15) is 11.1 Å². The standard InChI is InChI=1S/C12H13BrO3.C10H12O2.C2H2Br2O/c1-3-4-9-5-6-10(11(7-9)15-2)16-12(14)8-13;1-3-4-8-5-6-9(11)10(7-8)12-2;3-1-2(4)5/h3,5-7H,1,4,8H2,2H3;3,5-7,11H,1,4H2,2H3;1H2. The summed E-state index contributed by atoms with van der Waals surface area (Å²) in [5.41, 5.74) is 2.14. The number of hydrogen-bond acceptors (Lipinski definition) is 6. The SMILES string of the molecule is C=CCc1ccc(O)c(OC)c1.C=CCc1ccc(OC(=O)CBr)c(OC)c1.O=C(Br)CBr. The number of allylic oxidation sites excluding steroid dienone is 2. The molecule has 2 aromatic rings. The van der Waals surface area contributed by atoms with Gasteiger partial charge in [0, 0.05) is 0 Å². The zero-order valence-corrected chi connectivity index (χ0v) is 23.2. The van der Waals surface area contributed by atoms with Crippen molar-refractivity contribution in [1.82, 2.24) is 0 Å². The predicted octanol–water partition coefficient (Wildman–Crippen LogP) is 6.16. The first kappa shape index (κ1) is 30.9. The number of halogens is 3. The van der Waals surface area contributed by atoms with E-state index in [0.29, 0.717) is 22.6 Å². The summed E-state index contributed by atoms with van der Waals surface area (Å²) in [6.45, 7) is 7.29. The molecule has 0 aliphatic heterocycles. The van der Waals surface area contributed by atoms with Gasteiger partial charge in [0.1, 0.15) is 5.33 Å². The van der Waals surface area contributed by atoms with Gasteiger partial charge in [-0.25, -0.2) is 0 Å². The molecule has 0 aromatic heterocycles. The Kier molecular flexibility index (Phi) is 17.2. The second-order valence-corrected chi connectivity index (χ2v) is 8.08. The number of methoxy groups -OCH3 is 2. The molecule has 0 atom stereocenters. The second kappa shape index (κ2) is 18.3. The summed E-state index contributed by atoms with van der Waals surface area (Å²) >= 11 is 8.63. The van der Waals surface area contributed by atoms with E-state index in [9.17, 15) is 14.7 Å². The third kappa shape index (κ3) is 13.3. The number of phenolic OH excluding ortho intramolecular Hbond substituents is 1. The maximum atomic E-state index is 11.1. The average Bonchev–Trinajstić information content (AvgIpc) is 2.82. The number of benzene rings is 2. The fourth-order valence-corrected chi connectivity index (χ4v) is 2.37. The highest BCUT2D eigenvalue weighted by Gasteiger charge is 2.09. The number of carbonyl (C=O) groups is 2. The van der Waals surface area contributed by atoms with E-state index in [-0.39, 0.29) is 21.7 Å². The topological polar surface area (TPSA) is 82.1 Å². The molecule has 0 saturated carbocycles. The Morgan fingerprint density at radius 1 is 0.879 bits per heavy atom. The molecule has 0 radical (unpaired) electrons. The van der Waals surface area contributed by atoms with Crippen molar-refractivity contribution in [2.45, 2.75) is 12.8 Å². The van der Waals surface area contributed by atoms with Gasteiger partial charge in [-0.15, -0.1) is 13.2 Å². The van der Waals surface area contributed by atoms with Crippen molar-refractivity contribution >= 4 is 58.5 Å². The van der Waals surface area contributed by atoms with Gasteiger partial charge in [-0.05, 0) is 64.2 Å². The highest BCUT2D eigenvalue weighted by molar-refractivity contribution is 9.19. The lowest BCUT2D eigenvalue weighted by Crippen LogP contribution is -2.09. The molecular formula is C24H27Br3O6. The van der Waals surface area contributed by atoms with E-state index in [2.05, 4.69) is 60.9 Å². The number of carbonyl (C=O) groups excluding carboxylic acids is 2. The van der Waals surface area contributed by atoms with Gasteiger partial charge in [-0.3, -0.25) is 9.59 Å². The van der Waals surface area contributed by atoms with E-state index in [1.54, 1.807) is 31.4 Å². The number of esters is 1. The van der Waals surface area contributed by atoms with Crippen LogP contribution in [0.4, 0.5) is 0 Å². The highest BCUT2D eigenvalue weighted by atomic mass is 79.9. The summed E-state index contributed by atoms with van der Waals surface area (Å²) in [5, 5.41) is 9.81. The fourth-order valence-electron chi connectivity index (χ4n) is 2.26. The molecule has 0 unspecified atom stereocenters. The average molecular weight is 651 g/mol. The molecule has 2 aromatic carbocycles. The van der Waals surface area contributed by atoms with E-state index >= 15 is 0 Å². The Morgan fingerprint density at radius 3 is 1.79 bits per heavy atom. The van der Waals surface area contributed by atoms with Gasteiger partial charge >= 0.3 is 5.97 Å². The Bertz CT molecular complexity index is 915. The molecular weight excluding hydrogens is 624 g/mol. The molecule has 1 N–H and O–H groups in total. The van der Waals surface area contributed by atoms with Crippen LogP contribution in [-0.2, 0) is 22.4 Å². The lowest BCUT2D eigenvalue weighted by molar-refractivity contribution is -0.131. The van der Waals surface area contributed by atoms with Crippen molar-refractivity contribution in [3.8, 4) is 23.0 Å². The highest BCUT2D eigenvalue weighted by Crippen LogP contribution is 2.28. The van der Waals surface area contributed by atoms with Gasteiger partial charge in [-0.2, -0.15) is 0 Å². The van der Waals surface area contributed by atoms with Crippen LogP contribution in [0, 0.1) is 0 Å². The Labute approximate surface area is 220 Å². The van der Waals surface area contributed by atoms with Crippen molar-refractivity contribution in [2.75, 3.05) is 24.9 Å². The molecule has 0 spiro atoms. The van der Waals surface area contributed by atoms with E-state index < -0.39 is 0 Å². The molecule has 0 saturated heterocycles. The summed E-state index contributed by atoms with van der Waals surface area (Å²) in [6, 6.07) is 10.7. The monoisotopic (exact) mass is 648 g/mol. The maximum absolute atomic E-state index is 11.1. The second-order valence-electron chi connectivity index (χ2n) is 6.07. The lowest BCUT2D eigenvalue weighted by atomic mass is 10.1.